The highest BCUT2D eigenvalue weighted by atomic mass is 16.8. The lowest BCUT2D eigenvalue weighted by Crippen LogP contribution is -2.67. The first kappa shape index (κ1) is 56.2. The van der Waals surface area contributed by atoms with Gasteiger partial charge in [0, 0.05) is 5.41 Å². The highest BCUT2D eigenvalue weighted by molar-refractivity contribution is 5.76. The third-order valence-corrected chi connectivity index (χ3v) is 20.8. The fraction of sp³-hybridized carbons (Fsp3) is 0.942. The summed E-state index contributed by atoms with van der Waals surface area (Å²) in [5.74, 6) is -0.589. The molecule has 0 unspecified atom stereocenters. The van der Waals surface area contributed by atoms with Gasteiger partial charge >= 0.3 is 5.97 Å². The smallest absolute Gasteiger partial charge is 0.310 e. The minimum Gasteiger partial charge on any atom is -0.481 e. The normalized spacial score (nSPS) is 55.0. The molecule has 0 amide bonds. The van der Waals surface area contributed by atoms with Crippen molar-refractivity contribution in [3.63, 3.8) is 0 Å². The SMILES string of the molecule is C[C@@H]1O[C@@H](O[C@H]2[C@H](O[C@H]3CC[C@@]4(C)[C@@H](CC[C@]5(C)[C@@H]4CC=C4[C@@H]6CC(C)(C)CC[C@]6(C(=O)O)CC[C@]45C)[C@]3(C)CO)OC[C@H](O[C@@H]3O[C@H](CO)[C@@H](O)[C@H](O)[C@H]3O)[C@@H]2O)[C@H](O)[C@H](O[C@@H]2OC[C@H](O)[C@H](O)[C@H]2O)[C@H]1O. The first-order valence-electron chi connectivity index (χ1n) is 26.7. The number of aliphatic hydroxyl groups excluding tert-OH is 11. The maximum atomic E-state index is 13.2. The Hall–Kier alpha value is -1.55. The topological polar surface area (TPSA) is 334 Å². The molecular weight excluding hydrogens is 961 g/mol. The van der Waals surface area contributed by atoms with Crippen molar-refractivity contribution < 1.29 is 104 Å². The van der Waals surface area contributed by atoms with Gasteiger partial charge in [0.05, 0.1) is 44.1 Å². The predicted molar refractivity (Wildman–Crippen MR) is 251 cm³/mol. The minimum atomic E-state index is -1.86. The highest BCUT2D eigenvalue weighted by Gasteiger charge is 2.70. The molecule has 5 aliphatic carbocycles. The average Bonchev–Trinajstić information content (AvgIpc) is 3.34. The lowest BCUT2D eigenvalue weighted by Gasteiger charge is -2.71. The third kappa shape index (κ3) is 9.10. The van der Waals surface area contributed by atoms with Gasteiger partial charge in [0.1, 0.15) is 79.4 Å². The molecule has 9 rings (SSSR count). The second kappa shape index (κ2) is 20.3. The predicted octanol–water partition coefficient (Wildman–Crippen LogP) is -0.191. The van der Waals surface area contributed by atoms with Crippen molar-refractivity contribution in [2.45, 2.75) is 229 Å². The largest absolute Gasteiger partial charge is 0.481 e. The molecular formula is C52H84O21. The van der Waals surface area contributed by atoms with Crippen LogP contribution in [0.5, 0.6) is 0 Å². The van der Waals surface area contributed by atoms with Crippen LogP contribution in [0.15, 0.2) is 11.6 Å². The van der Waals surface area contributed by atoms with E-state index in [4.69, 9.17) is 37.9 Å². The number of carboxylic acid groups (broad SMARTS) is 1. The summed E-state index contributed by atoms with van der Waals surface area (Å²) in [4.78, 5) is 13.2. The molecule has 418 valence electrons. The van der Waals surface area contributed by atoms with Gasteiger partial charge in [0.15, 0.2) is 25.2 Å². The third-order valence-electron chi connectivity index (χ3n) is 20.8. The van der Waals surface area contributed by atoms with Gasteiger partial charge in [-0.2, -0.15) is 0 Å². The van der Waals surface area contributed by atoms with E-state index >= 15 is 0 Å². The van der Waals surface area contributed by atoms with Crippen LogP contribution in [0.1, 0.15) is 113 Å². The number of allylic oxidation sites excluding steroid dienone is 2. The monoisotopic (exact) mass is 1040 g/mol. The Morgan fingerprint density at radius 3 is 1.99 bits per heavy atom. The summed E-state index contributed by atoms with van der Waals surface area (Å²) in [6.45, 7) is 13.3. The van der Waals surface area contributed by atoms with Crippen LogP contribution < -0.4 is 0 Å². The summed E-state index contributed by atoms with van der Waals surface area (Å²) in [5, 5.41) is 130. The molecule has 27 atom stereocenters. The van der Waals surface area contributed by atoms with Gasteiger partial charge in [-0.3, -0.25) is 4.79 Å². The summed E-state index contributed by atoms with van der Waals surface area (Å²) in [7, 11) is 0. The zero-order chi connectivity index (χ0) is 53.1. The molecule has 0 radical (unpaired) electrons. The average molecular weight is 1050 g/mol. The van der Waals surface area contributed by atoms with Crippen molar-refractivity contribution in [3.8, 4) is 0 Å². The van der Waals surface area contributed by atoms with Gasteiger partial charge in [0.2, 0.25) is 0 Å². The Morgan fingerprint density at radius 2 is 1.30 bits per heavy atom. The van der Waals surface area contributed by atoms with E-state index in [0.29, 0.717) is 25.7 Å². The minimum absolute atomic E-state index is 0.0263. The van der Waals surface area contributed by atoms with E-state index in [2.05, 4.69) is 40.7 Å². The van der Waals surface area contributed by atoms with Gasteiger partial charge < -0.3 is 99.2 Å². The van der Waals surface area contributed by atoms with Crippen LogP contribution in [0.2, 0.25) is 0 Å². The van der Waals surface area contributed by atoms with E-state index in [1.54, 1.807) is 0 Å². The van der Waals surface area contributed by atoms with Gasteiger partial charge in [-0.25, -0.2) is 0 Å². The molecule has 21 heteroatoms. The molecule has 0 aromatic carbocycles. The molecule has 73 heavy (non-hydrogen) atoms. The van der Waals surface area contributed by atoms with E-state index in [1.165, 1.54) is 12.5 Å². The van der Waals surface area contributed by atoms with Gasteiger partial charge in [-0.1, -0.05) is 53.2 Å². The van der Waals surface area contributed by atoms with Crippen molar-refractivity contribution in [2.24, 2.45) is 50.2 Å². The fourth-order valence-electron chi connectivity index (χ4n) is 16.0. The molecule has 0 aromatic heterocycles. The maximum absolute atomic E-state index is 13.2. The van der Waals surface area contributed by atoms with Crippen molar-refractivity contribution in [2.75, 3.05) is 26.4 Å². The summed E-state index contributed by atoms with van der Waals surface area (Å²) < 4.78 is 48.5. The lowest BCUT2D eigenvalue weighted by atomic mass is 9.33. The summed E-state index contributed by atoms with van der Waals surface area (Å²) in [5.41, 5.74) is -0.985. The summed E-state index contributed by atoms with van der Waals surface area (Å²) in [6, 6.07) is 0. The first-order chi connectivity index (χ1) is 34.2. The van der Waals surface area contributed by atoms with Crippen LogP contribution in [0.25, 0.3) is 0 Å². The number of aliphatic hydroxyl groups is 11. The van der Waals surface area contributed by atoms with Crippen LogP contribution in [0.4, 0.5) is 0 Å². The molecule has 4 saturated carbocycles. The molecule has 21 nitrogen and oxygen atoms in total. The second-order valence-electron chi connectivity index (χ2n) is 25.2. The fourth-order valence-corrected chi connectivity index (χ4v) is 16.0. The Kier molecular flexibility index (Phi) is 15.6. The number of fused-ring (bicyclic) bond motifs is 7. The van der Waals surface area contributed by atoms with E-state index in [1.807, 2.05) is 6.92 Å². The summed E-state index contributed by atoms with van der Waals surface area (Å²) >= 11 is 0. The molecule has 0 bridgehead atoms. The maximum Gasteiger partial charge on any atom is 0.310 e. The van der Waals surface area contributed by atoms with E-state index in [9.17, 15) is 66.1 Å². The van der Waals surface area contributed by atoms with Crippen LogP contribution >= 0.6 is 0 Å². The zero-order valence-electron chi connectivity index (χ0n) is 43.2. The Balaban J connectivity index is 0.982. The van der Waals surface area contributed by atoms with E-state index in [0.717, 1.165) is 38.5 Å². The quantitative estimate of drug-likeness (QED) is 0.0942. The molecule has 9 aliphatic rings. The van der Waals surface area contributed by atoms with E-state index in [-0.39, 0.29) is 46.0 Å². The number of carboxylic acids is 1. The number of aliphatic carboxylic acids is 1. The summed E-state index contributed by atoms with van der Waals surface area (Å²) in [6.07, 6.45) is -19.7. The number of ether oxygens (including phenoxy) is 8. The van der Waals surface area contributed by atoms with Crippen LogP contribution in [-0.2, 0) is 42.7 Å². The van der Waals surface area contributed by atoms with Crippen LogP contribution in [0, 0.1) is 50.2 Å². The Morgan fingerprint density at radius 1 is 0.644 bits per heavy atom. The van der Waals surface area contributed by atoms with Crippen LogP contribution in [0.3, 0.4) is 0 Å². The molecule has 4 heterocycles. The van der Waals surface area contributed by atoms with Crippen molar-refractivity contribution in [1.29, 1.82) is 0 Å². The van der Waals surface area contributed by atoms with Crippen molar-refractivity contribution >= 4 is 5.97 Å². The molecule has 0 aromatic rings. The number of hydrogen-bond donors (Lipinski definition) is 12. The molecule has 4 aliphatic heterocycles. The second-order valence-corrected chi connectivity index (χ2v) is 25.2. The standard InChI is InChI=1S/C52H84O21/c1-23-32(56)40(72-42-37(61)33(57)26(55)20-66-42)39(63)44(68-23)73-41-35(59)28(70-43-38(62)36(60)34(58)27(19-53)69-43)21-67-45(41)71-31-11-12-48(4)29(49(31,5)22-54)10-13-51(7)30(48)9-8-24-25-18-47(2,3)14-16-52(25,46(64)65)17-15-50(24,51)6/h8,23,25-45,53-63H,9-22H2,1-7H3,(H,64,65)/t23-,25-,26-,27+,28-,29+,30+,31-,32-,33-,34+,35-,36-,37+,38+,39+,40+,41+,42-,43-,44-,45-,48-,49-,50+,51+,52-/m0/s1. The van der Waals surface area contributed by atoms with Gasteiger partial charge in [0.25, 0.3) is 0 Å². The van der Waals surface area contributed by atoms with Crippen molar-refractivity contribution in [3.05, 3.63) is 11.6 Å². The Labute approximate surface area is 426 Å². The lowest BCUT2D eigenvalue weighted by molar-refractivity contribution is -0.389. The molecule has 12 N–H and O–H groups in total. The number of carbonyl (C=O) groups is 1. The first-order valence-corrected chi connectivity index (χ1v) is 26.7. The van der Waals surface area contributed by atoms with Gasteiger partial charge in [-0.05, 0) is 111 Å². The van der Waals surface area contributed by atoms with Gasteiger partial charge in [-0.15, -0.1) is 0 Å². The number of rotatable bonds is 11. The highest BCUT2D eigenvalue weighted by Crippen LogP contribution is 2.76. The van der Waals surface area contributed by atoms with E-state index < -0.39 is 153 Å². The Bertz CT molecular complexity index is 2010. The number of hydrogen-bond acceptors (Lipinski definition) is 20. The van der Waals surface area contributed by atoms with Crippen molar-refractivity contribution in [1.82, 2.24) is 0 Å². The zero-order valence-corrected chi connectivity index (χ0v) is 43.2. The molecule has 8 fully saturated rings. The molecule has 4 saturated heterocycles. The van der Waals surface area contributed by atoms with Crippen LogP contribution in [-0.4, -0.2) is 210 Å². The molecule has 0 spiro atoms.